The number of benzene rings is 1. The number of carbonyl (C=O) groups excluding carboxylic acids is 2. The Hall–Kier alpha value is -2.39. The highest BCUT2D eigenvalue weighted by molar-refractivity contribution is 7.09. The van der Waals surface area contributed by atoms with Gasteiger partial charge >= 0.3 is 0 Å². The average Bonchev–Trinajstić information content (AvgIpc) is 3.51. The van der Waals surface area contributed by atoms with Crippen LogP contribution in [-0.2, 0) is 11.3 Å². The van der Waals surface area contributed by atoms with Crippen LogP contribution in [0, 0.1) is 13.8 Å². The Morgan fingerprint density at radius 2 is 2.06 bits per heavy atom. The lowest BCUT2D eigenvalue weighted by Gasteiger charge is -2.09. The van der Waals surface area contributed by atoms with Gasteiger partial charge in [0.25, 0.3) is 11.8 Å². The topological polar surface area (TPSA) is 85.8 Å². The van der Waals surface area contributed by atoms with E-state index < -0.39 is 5.91 Å². The zero-order valence-electron chi connectivity index (χ0n) is 18.2. The minimum absolute atomic E-state index is 0.0613. The number of halogens is 2. The molecule has 3 heterocycles. The number of aryl methyl sites for hydroxylation is 1. The van der Waals surface area contributed by atoms with E-state index in [0.717, 1.165) is 30.0 Å². The Balaban J connectivity index is 1.52. The van der Waals surface area contributed by atoms with Crippen molar-refractivity contribution in [1.29, 1.82) is 0 Å². The third kappa shape index (κ3) is 5.58. The lowest BCUT2D eigenvalue weighted by Crippen LogP contribution is -2.31. The lowest BCUT2D eigenvalue weighted by atomic mass is 10.2. The van der Waals surface area contributed by atoms with E-state index in [9.17, 15) is 9.59 Å². The predicted octanol–water partition coefficient (Wildman–Crippen LogP) is 4.76. The van der Waals surface area contributed by atoms with Crippen LogP contribution < -0.4 is 10.1 Å². The molecule has 33 heavy (non-hydrogen) atoms. The van der Waals surface area contributed by atoms with E-state index in [0.29, 0.717) is 28.7 Å². The number of nitrogens with zero attached hydrogens (tertiary/aromatic N) is 2. The van der Waals surface area contributed by atoms with E-state index >= 15 is 0 Å². The van der Waals surface area contributed by atoms with Gasteiger partial charge in [-0.05, 0) is 57.0 Å². The highest BCUT2D eigenvalue weighted by Gasteiger charge is 2.19. The molecule has 1 saturated heterocycles. The molecule has 174 valence electrons. The molecule has 4 rings (SSSR count). The van der Waals surface area contributed by atoms with E-state index in [1.807, 2.05) is 18.4 Å². The third-order valence-corrected chi connectivity index (χ3v) is 7.11. The maximum Gasteiger partial charge on any atom is 0.287 e. The number of ether oxygens (including phenoxy) is 1. The maximum atomic E-state index is 12.8. The monoisotopic (exact) mass is 507 g/mol. The standard InChI is InChI=1S/C23H23Cl2N3O4S/c1-13-14(2)33-23(27-21(29)18-7-5-15(24)10-19(18)25)28(13)12-17-6-8-20(32-17)22(30)26-11-16-4-3-9-31-16/h5-8,10,16H,3-4,9,11-12H2,1-2H3,(H,26,30)/t16-/m0/s1. The zero-order valence-corrected chi connectivity index (χ0v) is 20.5. The van der Waals surface area contributed by atoms with E-state index in [4.69, 9.17) is 32.4 Å². The first-order valence-corrected chi connectivity index (χ1v) is 12.1. The van der Waals surface area contributed by atoms with Crippen LogP contribution in [0.3, 0.4) is 0 Å². The molecule has 7 nitrogen and oxygen atoms in total. The summed E-state index contributed by atoms with van der Waals surface area (Å²) >= 11 is 13.5. The molecule has 2 amide bonds. The van der Waals surface area contributed by atoms with E-state index in [2.05, 4.69) is 10.3 Å². The van der Waals surface area contributed by atoms with Crippen LogP contribution in [0.1, 0.15) is 50.1 Å². The van der Waals surface area contributed by atoms with E-state index in [-0.39, 0.29) is 28.4 Å². The highest BCUT2D eigenvalue weighted by Crippen LogP contribution is 2.22. The van der Waals surface area contributed by atoms with Gasteiger partial charge in [-0.25, -0.2) is 0 Å². The summed E-state index contributed by atoms with van der Waals surface area (Å²) in [5.74, 6) is 0.0741. The molecular formula is C23H23Cl2N3O4S. The highest BCUT2D eigenvalue weighted by atomic mass is 35.5. The van der Waals surface area contributed by atoms with Crippen molar-refractivity contribution in [3.8, 4) is 0 Å². The van der Waals surface area contributed by atoms with Gasteiger partial charge in [-0.1, -0.05) is 23.2 Å². The smallest absolute Gasteiger partial charge is 0.287 e. The van der Waals surface area contributed by atoms with Gasteiger partial charge in [0.15, 0.2) is 10.6 Å². The Kier molecular flexibility index (Phi) is 7.38. The van der Waals surface area contributed by atoms with Gasteiger partial charge in [-0.3, -0.25) is 9.59 Å². The first-order valence-electron chi connectivity index (χ1n) is 10.5. The number of furan rings is 1. The molecule has 1 aliphatic rings. The van der Waals surface area contributed by atoms with Crippen molar-refractivity contribution in [3.05, 3.63) is 72.8 Å². The van der Waals surface area contributed by atoms with Crippen LogP contribution in [0.25, 0.3) is 0 Å². The van der Waals surface area contributed by atoms with Gasteiger partial charge in [-0.2, -0.15) is 4.99 Å². The quantitative estimate of drug-likeness (QED) is 0.520. The van der Waals surface area contributed by atoms with Crippen molar-refractivity contribution in [2.24, 2.45) is 4.99 Å². The van der Waals surface area contributed by atoms with Crippen molar-refractivity contribution in [1.82, 2.24) is 9.88 Å². The average molecular weight is 508 g/mol. The summed E-state index contributed by atoms with van der Waals surface area (Å²) in [7, 11) is 0. The Morgan fingerprint density at radius 3 is 2.79 bits per heavy atom. The summed E-state index contributed by atoms with van der Waals surface area (Å²) in [6.07, 6.45) is 2.03. The fourth-order valence-electron chi connectivity index (χ4n) is 3.52. The lowest BCUT2D eigenvalue weighted by molar-refractivity contribution is 0.0833. The van der Waals surface area contributed by atoms with Crippen LogP contribution in [0.15, 0.2) is 39.7 Å². The molecule has 0 aliphatic carbocycles. The van der Waals surface area contributed by atoms with Gasteiger partial charge in [0.05, 0.1) is 23.2 Å². The maximum absolute atomic E-state index is 12.8. The number of hydrogen-bond acceptors (Lipinski definition) is 5. The van der Waals surface area contributed by atoms with Crippen molar-refractivity contribution in [3.63, 3.8) is 0 Å². The van der Waals surface area contributed by atoms with Gasteiger partial charge in [0.1, 0.15) is 5.76 Å². The Labute approximate surface area is 205 Å². The van der Waals surface area contributed by atoms with Gasteiger partial charge in [0.2, 0.25) is 0 Å². The van der Waals surface area contributed by atoms with Crippen molar-refractivity contribution < 1.29 is 18.7 Å². The molecule has 0 saturated carbocycles. The van der Waals surface area contributed by atoms with Crippen LogP contribution >= 0.6 is 34.5 Å². The van der Waals surface area contributed by atoms with Crippen molar-refractivity contribution in [2.75, 3.05) is 13.2 Å². The fraction of sp³-hybridized carbons (Fsp3) is 0.348. The first-order chi connectivity index (χ1) is 15.8. The minimum atomic E-state index is -0.458. The van der Waals surface area contributed by atoms with Crippen molar-refractivity contribution in [2.45, 2.75) is 39.3 Å². The molecule has 2 aromatic heterocycles. The van der Waals surface area contributed by atoms with Crippen LogP contribution in [0.5, 0.6) is 0 Å². The zero-order chi connectivity index (χ0) is 23.5. The number of thiazole rings is 1. The molecule has 1 atom stereocenters. The Bertz CT molecular complexity index is 1250. The van der Waals surface area contributed by atoms with Crippen molar-refractivity contribution >= 4 is 46.4 Å². The van der Waals surface area contributed by atoms with Crippen LogP contribution in [-0.4, -0.2) is 35.6 Å². The molecule has 1 fully saturated rings. The Morgan fingerprint density at radius 1 is 1.24 bits per heavy atom. The molecular weight excluding hydrogens is 485 g/mol. The second-order valence-electron chi connectivity index (χ2n) is 7.76. The minimum Gasteiger partial charge on any atom is -0.454 e. The number of rotatable bonds is 6. The molecule has 1 aliphatic heterocycles. The van der Waals surface area contributed by atoms with E-state index in [1.165, 1.54) is 17.4 Å². The van der Waals surface area contributed by atoms with Crippen LogP contribution in [0.4, 0.5) is 0 Å². The van der Waals surface area contributed by atoms with Gasteiger partial charge < -0.3 is 19.0 Å². The number of amides is 2. The summed E-state index contributed by atoms with van der Waals surface area (Å²) < 4.78 is 13.2. The molecule has 1 N–H and O–H groups in total. The number of hydrogen-bond donors (Lipinski definition) is 1. The largest absolute Gasteiger partial charge is 0.454 e. The molecule has 10 heteroatoms. The normalized spacial score (nSPS) is 16.4. The third-order valence-electron chi connectivity index (χ3n) is 5.46. The van der Waals surface area contributed by atoms with E-state index in [1.54, 1.807) is 24.3 Å². The summed E-state index contributed by atoms with van der Waals surface area (Å²) in [6, 6.07) is 8.07. The molecule has 1 aromatic carbocycles. The van der Waals surface area contributed by atoms with Gasteiger partial charge in [0, 0.05) is 28.7 Å². The van der Waals surface area contributed by atoms with Crippen LogP contribution in [0.2, 0.25) is 10.0 Å². The second-order valence-corrected chi connectivity index (χ2v) is 9.79. The fourth-order valence-corrected chi connectivity index (χ4v) is 4.98. The predicted molar refractivity (Wildman–Crippen MR) is 127 cm³/mol. The molecule has 0 bridgehead atoms. The molecule has 0 radical (unpaired) electrons. The SMILES string of the molecule is Cc1sc(=NC(=O)c2ccc(Cl)cc2Cl)n(Cc2ccc(C(=O)NC[C@@H]3CCCO3)o2)c1C. The first kappa shape index (κ1) is 23.8. The number of aromatic nitrogens is 1. The summed E-state index contributed by atoms with van der Waals surface area (Å²) in [5, 5.41) is 3.55. The van der Waals surface area contributed by atoms with Gasteiger partial charge in [-0.15, -0.1) is 11.3 Å². The molecule has 0 spiro atoms. The summed E-state index contributed by atoms with van der Waals surface area (Å²) in [4.78, 5) is 31.0. The summed E-state index contributed by atoms with van der Waals surface area (Å²) in [5.41, 5.74) is 1.23. The molecule has 0 unspecified atom stereocenters. The second kappa shape index (κ2) is 10.3. The summed E-state index contributed by atoms with van der Waals surface area (Å²) in [6.45, 7) is 5.44. The number of carbonyl (C=O) groups is 2. The number of nitrogens with one attached hydrogen (secondary N) is 1. The molecule has 3 aromatic rings.